The average molecular weight is 507 g/mol. The van der Waals surface area contributed by atoms with E-state index in [1.807, 2.05) is 0 Å². The Morgan fingerprint density at radius 3 is 0.583 bits per heavy atom. The van der Waals surface area contributed by atoms with Gasteiger partial charge in [0.15, 0.2) is 0 Å². The van der Waals surface area contributed by atoms with Gasteiger partial charge in [-0.25, -0.2) is 0 Å². The smallest absolute Gasteiger partial charge is 0.0414 e. The fraction of sp³-hybridized carbons (Fsp3) is 1.00. The van der Waals surface area contributed by atoms with Gasteiger partial charge in [-0.3, -0.25) is 0 Å². The Morgan fingerprint density at radius 2 is 0.389 bits per heavy atom. The molecule has 0 aromatic carbocycles. The van der Waals surface area contributed by atoms with E-state index in [2.05, 4.69) is 20.8 Å². The van der Waals surface area contributed by atoms with Crippen LogP contribution in [0.25, 0.3) is 0 Å². The van der Waals surface area contributed by atoms with Crippen LogP contribution < -0.4 is 0 Å². The Balaban J connectivity index is 3.85. The van der Waals surface area contributed by atoms with Crippen LogP contribution in [-0.2, 0) is 0 Å². The van der Waals surface area contributed by atoms with Crippen LogP contribution in [0.5, 0.6) is 0 Å². The van der Waals surface area contributed by atoms with Crippen molar-refractivity contribution in [2.24, 2.45) is 5.92 Å². The average Bonchev–Trinajstić information content (AvgIpc) is 2.89. The molecule has 0 atom stereocenters. The third-order valence-electron chi connectivity index (χ3n) is 8.65. The molecule has 0 aromatic rings. The van der Waals surface area contributed by atoms with Crippen LogP contribution in [0.15, 0.2) is 0 Å². The molecule has 0 rings (SSSR count). The number of unbranched alkanes of at least 4 members (excludes halogenated alkanes) is 26. The van der Waals surface area contributed by atoms with Crippen LogP contribution in [0.2, 0.25) is 0 Å². The standard InChI is InChI=1S/C36H74/c1-4-7-10-13-16-19-20-23-26-29-32-35-36(33-30-27-24-21-17-14-11-8-5-2)34-31-28-25-22-18-15-12-9-6-3/h36H,4-35H2,1-3H3. The molecule has 0 amide bonds. The van der Waals surface area contributed by atoms with Crippen LogP contribution in [0.1, 0.15) is 226 Å². The quantitative estimate of drug-likeness (QED) is 0.0795. The third kappa shape index (κ3) is 30.2. The fourth-order valence-corrected chi connectivity index (χ4v) is 6.02. The van der Waals surface area contributed by atoms with Crippen LogP contribution in [0.3, 0.4) is 0 Å². The van der Waals surface area contributed by atoms with Gasteiger partial charge in [-0.15, -0.1) is 0 Å². The molecule has 0 aliphatic heterocycles. The Bertz CT molecular complexity index is 337. The van der Waals surface area contributed by atoms with E-state index in [4.69, 9.17) is 0 Å². The lowest BCUT2D eigenvalue weighted by Gasteiger charge is -2.17. The molecule has 0 unspecified atom stereocenters. The molecule has 0 nitrogen and oxygen atoms in total. The molecule has 0 fully saturated rings. The van der Waals surface area contributed by atoms with Crippen molar-refractivity contribution in [1.82, 2.24) is 0 Å². The lowest BCUT2D eigenvalue weighted by Crippen LogP contribution is -2.01. The SMILES string of the molecule is CCCCCCCCCCCCCC(CCCCCCCCCCC)CCCCCCCCCCC. The summed E-state index contributed by atoms with van der Waals surface area (Å²) in [5.74, 6) is 1.04. The zero-order chi connectivity index (χ0) is 26.2. The lowest BCUT2D eigenvalue weighted by atomic mass is 9.89. The molecular weight excluding hydrogens is 432 g/mol. The van der Waals surface area contributed by atoms with Gasteiger partial charge in [-0.2, -0.15) is 0 Å². The zero-order valence-electron chi connectivity index (χ0n) is 26.2. The normalized spacial score (nSPS) is 11.7. The van der Waals surface area contributed by atoms with E-state index in [-0.39, 0.29) is 0 Å². The van der Waals surface area contributed by atoms with Gasteiger partial charge in [0.05, 0.1) is 0 Å². The number of hydrogen-bond donors (Lipinski definition) is 0. The summed E-state index contributed by atoms with van der Waals surface area (Å²) in [6.07, 6.45) is 47.3. The summed E-state index contributed by atoms with van der Waals surface area (Å²) in [5, 5.41) is 0. The van der Waals surface area contributed by atoms with E-state index in [0.29, 0.717) is 0 Å². The summed E-state index contributed by atoms with van der Waals surface area (Å²) in [4.78, 5) is 0. The molecular formula is C36H74. The van der Waals surface area contributed by atoms with Crippen molar-refractivity contribution in [2.75, 3.05) is 0 Å². The maximum Gasteiger partial charge on any atom is -0.0414 e. The summed E-state index contributed by atoms with van der Waals surface area (Å²) >= 11 is 0. The van der Waals surface area contributed by atoms with Crippen molar-refractivity contribution in [3.8, 4) is 0 Å². The Labute approximate surface area is 232 Å². The second kappa shape index (κ2) is 33.0. The Kier molecular flexibility index (Phi) is 33.0. The summed E-state index contributed by atoms with van der Waals surface area (Å²) in [6.45, 7) is 6.96. The first-order valence-electron chi connectivity index (χ1n) is 17.8. The van der Waals surface area contributed by atoms with Gasteiger partial charge in [0.1, 0.15) is 0 Å². The first-order chi connectivity index (χ1) is 17.8. The molecule has 218 valence electrons. The Morgan fingerprint density at radius 1 is 0.222 bits per heavy atom. The molecule has 0 aromatic heterocycles. The second-order valence-corrected chi connectivity index (χ2v) is 12.4. The van der Waals surface area contributed by atoms with Crippen molar-refractivity contribution in [3.05, 3.63) is 0 Å². The maximum atomic E-state index is 2.32. The monoisotopic (exact) mass is 507 g/mol. The molecule has 0 bridgehead atoms. The molecule has 0 N–H and O–H groups in total. The summed E-state index contributed by atoms with van der Waals surface area (Å²) in [7, 11) is 0. The van der Waals surface area contributed by atoms with Crippen LogP contribution in [0, 0.1) is 5.92 Å². The highest BCUT2D eigenvalue weighted by Crippen LogP contribution is 2.25. The molecule has 0 radical (unpaired) electrons. The predicted molar refractivity (Wildman–Crippen MR) is 168 cm³/mol. The highest BCUT2D eigenvalue weighted by Gasteiger charge is 2.09. The highest BCUT2D eigenvalue weighted by atomic mass is 14.1. The van der Waals surface area contributed by atoms with Crippen molar-refractivity contribution in [3.63, 3.8) is 0 Å². The van der Waals surface area contributed by atoms with Gasteiger partial charge in [0.2, 0.25) is 0 Å². The second-order valence-electron chi connectivity index (χ2n) is 12.4. The van der Waals surface area contributed by atoms with Crippen LogP contribution in [0.4, 0.5) is 0 Å². The Hall–Kier alpha value is 0. The van der Waals surface area contributed by atoms with E-state index in [1.54, 1.807) is 0 Å². The number of hydrogen-bond acceptors (Lipinski definition) is 0. The minimum atomic E-state index is 1.04. The highest BCUT2D eigenvalue weighted by molar-refractivity contribution is 4.62. The van der Waals surface area contributed by atoms with Gasteiger partial charge in [0.25, 0.3) is 0 Å². The van der Waals surface area contributed by atoms with E-state index in [9.17, 15) is 0 Å². The van der Waals surface area contributed by atoms with Gasteiger partial charge < -0.3 is 0 Å². The first-order valence-corrected chi connectivity index (χ1v) is 17.8. The van der Waals surface area contributed by atoms with Crippen molar-refractivity contribution in [2.45, 2.75) is 226 Å². The molecule has 0 saturated heterocycles. The zero-order valence-corrected chi connectivity index (χ0v) is 26.2. The van der Waals surface area contributed by atoms with Crippen molar-refractivity contribution in [1.29, 1.82) is 0 Å². The van der Waals surface area contributed by atoms with E-state index < -0.39 is 0 Å². The van der Waals surface area contributed by atoms with Crippen molar-refractivity contribution < 1.29 is 0 Å². The van der Waals surface area contributed by atoms with E-state index in [0.717, 1.165) is 5.92 Å². The van der Waals surface area contributed by atoms with Gasteiger partial charge in [-0.1, -0.05) is 226 Å². The topological polar surface area (TPSA) is 0 Å². The van der Waals surface area contributed by atoms with Crippen LogP contribution in [-0.4, -0.2) is 0 Å². The lowest BCUT2D eigenvalue weighted by molar-refractivity contribution is 0.365. The number of rotatable bonds is 32. The molecule has 36 heavy (non-hydrogen) atoms. The third-order valence-corrected chi connectivity index (χ3v) is 8.65. The minimum Gasteiger partial charge on any atom is -0.0654 e. The maximum absolute atomic E-state index is 2.32. The minimum absolute atomic E-state index is 1.04. The summed E-state index contributed by atoms with van der Waals surface area (Å²) in [6, 6.07) is 0. The van der Waals surface area contributed by atoms with Gasteiger partial charge >= 0.3 is 0 Å². The predicted octanol–water partition coefficient (Wildman–Crippen LogP) is 14.1. The summed E-state index contributed by atoms with van der Waals surface area (Å²) < 4.78 is 0. The summed E-state index contributed by atoms with van der Waals surface area (Å²) in [5.41, 5.74) is 0. The molecule has 0 aliphatic carbocycles. The molecule has 0 saturated carbocycles. The molecule has 0 heteroatoms. The largest absolute Gasteiger partial charge is 0.0654 e. The van der Waals surface area contributed by atoms with E-state index >= 15 is 0 Å². The molecule has 0 spiro atoms. The van der Waals surface area contributed by atoms with Gasteiger partial charge in [-0.05, 0) is 5.92 Å². The molecule has 0 heterocycles. The van der Waals surface area contributed by atoms with Crippen LogP contribution >= 0.6 is 0 Å². The van der Waals surface area contributed by atoms with E-state index in [1.165, 1.54) is 205 Å². The first kappa shape index (κ1) is 36.0. The molecule has 0 aliphatic rings. The van der Waals surface area contributed by atoms with Gasteiger partial charge in [0, 0.05) is 0 Å². The van der Waals surface area contributed by atoms with Crippen molar-refractivity contribution >= 4 is 0 Å². The fourth-order valence-electron chi connectivity index (χ4n) is 6.02.